The monoisotopic (exact) mass is 484 g/mol. The molecule has 2 rings (SSSR count). The molecule has 1 fully saturated rings. The lowest BCUT2D eigenvalue weighted by Gasteiger charge is -2.31. The van der Waals surface area contributed by atoms with Crippen LogP contribution in [0.3, 0.4) is 0 Å². The van der Waals surface area contributed by atoms with Gasteiger partial charge in [-0.1, -0.05) is 51.3 Å². The molecular weight excluding hydrogens is 432 g/mol. The van der Waals surface area contributed by atoms with Gasteiger partial charge in [0.25, 0.3) is 0 Å². The average Bonchev–Trinajstić information content (AvgIpc) is 2.90. The molecule has 4 N–H and O–H groups in total. The van der Waals surface area contributed by atoms with Gasteiger partial charge in [0.2, 0.25) is 0 Å². The van der Waals surface area contributed by atoms with Crippen LogP contribution in [-0.4, -0.2) is 64.1 Å². The highest BCUT2D eigenvalue weighted by Crippen LogP contribution is 2.25. The van der Waals surface area contributed by atoms with Crippen molar-refractivity contribution in [3.8, 4) is 0 Å². The van der Waals surface area contributed by atoms with Gasteiger partial charge in [-0.05, 0) is 70.1 Å². The molecule has 0 radical (unpaired) electrons. The topological polar surface area (TPSA) is 68.9 Å². The van der Waals surface area contributed by atoms with Gasteiger partial charge in [-0.2, -0.15) is 0 Å². The van der Waals surface area contributed by atoms with Crippen molar-refractivity contribution in [1.82, 2.24) is 10.2 Å². The highest BCUT2D eigenvalue weighted by molar-refractivity contribution is 5.84. The Hall–Kier alpha value is -2.21. The number of amidine groups is 1. The Labute approximate surface area is 215 Å². The van der Waals surface area contributed by atoms with E-state index < -0.39 is 0 Å². The molecule has 35 heavy (non-hydrogen) atoms. The molecular formula is C29H52N6. The molecule has 198 valence electrons. The number of nitrogens with two attached hydrogens (primary N) is 1. The third-order valence-corrected chi connectivity index (χ3v) is 7.63. The van der Waals surface area contributed by atoms with Crippen LogP contribution in [0.1, 0.15) is 59.3 Å². The van der Waals surface area contributed by atoms with Crippen LogP contribution in [0.15, 0.2) is 41.5 Å². The Balaban J connectivity index is 1.75. The first-order valence-electron chi connectivity index (χ1n) is 13.9. The van der Waals surface area contributed by atoms with E-state index in [4.69, 9.17) is 5.73 Å². The van der Waals surface area contributed by atoms with E-state index in [1.165, 1.54) is 63.8 Å². The molecule has 6 heteroatoms. The summed E-state index contributed by atoms with van der Waals surface area (Å²) in [5.41, 5.74) is 8.16. The number of para-hydroxylation sites is 2. The molecule has 0 aliphatic carbocycles. The molecule has 0 spiro atoms. The molecule has 0 bridgehead atoms. The molecule has 0 saturated carbocycles. The summed E-state index contributed by atoms with van der Waals surface area (Å²) < 4.78 is 0. The third kappa shape index (κ3) is 10.1. The molecule has 0 amide bonds. The first-order valence-corrected chi connectivity index (χ1v) is 13.9. The van der Waals surface area contributed by atoms with Crippen molar-refractivity contribution >= 4 is 17.2 Å². The number of unbranched alkanes of at least 4 members (excludes halogenated alkanes) is 1. The molecule has 0 aromatic heterocycles. The van der Waals surface area contributed by atoms with Crippen LogP contribution in [0.5, 0.6) is 0 Å². The van der Waals surface area contributed by atoms with E-state index in [-0.39, 0.29) is 5.92 Å². The highest BCUT2D eigenvalue weighted by atomic mass is 15.1. The summed E-state index contributed by atoms with van der Waals surface area (Å²) in [6.07, 6.45) is 11.7. The summed E-state index contributed by atoms with van der Waals surface area (Å²) in [5.74, 6) is 2.78. The molecule has 2 atom stereocenters. The Bertz CT molecular complexity index is 753. The van der Waals surface area contributed by atoms with Crippen LogP contribution in [0, 0.1) is 17.8 Å². The van der Waals surface area contributed by atoms with Gasteiger partial charge in [0.15, 0.2) is 0 Å². The Morgan fingerprint density at radius 1 is 1.20 bits per heavy atom. The smallest absolute Gasteiger partial charge is 0.0988 e. The van der Waals surface area contributed by atoms with Gasteiger partial charge < -0.3 is 26.2 Å². The molecule has 6 nitrogen and oxygen atoms in total. The van der Waals surface area contributed by atoms with E-state index in [0.717, 1.165) is 37.1 Å². The minimum Gasteiger partial charge on any atom is -0.405 e. The van der Waals surface area contributed by atoms with Gasteiger partial charge in [-0.3, -0.25) is 4.99 Å². The van der Waals surface area contributed by atoms with Gasteiger partial charge in [0.1, 0.15) is 0 Å². The van der Waals surface area contributed by atoms with Crippen LogP contribution < -0.4 is 21.3 Å². The number of benzene rings is 1. The van der Waals surface area contributed by atoms with Crippen molar-refractivity contribution < 1.29 is 0 Å². The number of nitrogens with zero attached hydrogens (tertiary/aromatic N) is 3. The fraction of sp³-hybridized carbons (Fsp3) is 0.690. The first kappa shape index (κ1) is 29.0. The Kier molecular flexibility index (Phi) is 13.6. The zero-order valence-electron chi connectivity index (χ0n) is 23.1. The number of likely N-dealkylation sites (tertiary alicyclic amines) is 1. The normalized spacial score (nSPS) is 17.5. The molecule has 2 unspecified atom stereocenters. The van der Waals surface area contributed by atoms with Crippen molar-refractivity contribution in [1.29, 1.82) is 0 Å². The molecule has 1 aromatic rings. The van der Waals surface area contributed by atoms with E-state index in [0.29, 0.717) is 5.92 Å². The summed E-state index contributed by atoms with van der Waals surface area (Å²) in [6.45, 7) is 13.2. The van der Waals surface area contributed by atoms with E-state index in [9.17, 15) is 0 Å². The Morgan fingerprint density at radius 2 is 1.94 bits per heavy atom. The molecule has 1 aromatic carbocycles. The quantitative estimate of drug-likeness (QED) is 0.182. The fourth-order valence-electron chi connectivity index (χ4n) is 5.05. The van der Waals surface area contributed by atoms with E-state index in [1.807, 2.05) is 7.05 Å². The van der Waals surface area contributed by atoms with E-state index >= 15 is 0 Å². The molecule has 1 aliphatic rings. The van der Waals surface area contributed by atoms with Crippen molar-refractivity contribution in [3.63, 3.8) is 0 Å². The SMILES string of the molecule is CCN1CCC(CCCCC(C)/C(=N/C)NCC(/C=C\N)CNc2ccccc2N(C)CC)CC1. The number of piperidine rings is 1. The first-order chi connectivity index (χ1) is 17.0. The number of hydrogen-bond donors (Lipinski definition) is 3. The average molecular weight is 485 g/mol. The van der Waals surface area contributed by atoms with Crippen LogP contribution in [-0.2, 0) is 0 Å². The molecule has 1 saturated heterocycles. The fourth-order valence-corrected chi connectivity index (χ4v) is 5.05. The lowest BCUT2D eigenvalue weighted by molar-refractivity contribution is 0.184. The van der Waals surface area contributed by atoms with Crippen LogP contribution in [0.25, 0.3) is 0 Å². The van der Waals surface area contributed by atoms with Crippen molar-refractivity contribution in [2.24, 2.45) is 28.5 Å². The Morgan fingerprint density at radius 3 is 2.60 bits per heavy atom. The number of hydrogen-bond acceptors (Lipinski definition) is 5. The zero-order valence-corrected chi connectivity index (χ0v) is 23.1. The largest absolute Gasteiger partial charge is 0.405 e. The van der Waals surface area contributed by atoms with Gasteiger partial charge in [-0.25, -0.2) is 0 Å². The second-order valence-corrected chi connectivity index (χ2v) is 10.1. The number of rotatable bonds is 15. The molecule has 1 heterocycles. The standard InChI is InChI=1S/C29H52N6/c1-6-34(5)28-15-11-10-14-27(28)32-22-26(16-19-30)23-33-29(31-4)24(3)12-8-9-13-25-17-20-35(7-2)21-18-25/h10-11,14-16,19,24-26,32H,6-9,12-13,17-18,20-23,30H2,1-5H3,(H,31,33)/b19-16-. The maximum Gasteiger partial charge on any atom is 0.0988 e. The van der Waals surface area contributed by atoms with E-state index in [1.54, 1.807) is 6.20 Å². The summed E-state index contributed by atoms with van der Waals surface area (Å²) in [5, 5.41) is 7.26. The minimum absolute atomic E-state index is 0.276. The second kappa shape index (κ2) is 16.5. The van der Waals surface area contributed by atoms with Crippen LogP contribution in [0.4, 0.5) is 11.4 Å². The predicted octanol–water partition coefficient (Wildman–Crippen LogP) is 5.19. The number of anilines is 2. The van der Waals surface area contributed by atoms with Gasteiger partial charge in [0.05, 0.1) is 17.2 Å². The summed E-state index contributed by atoms with van der Waals surface area (Å²) in [4.78, 5) is 9.43. The summed E-state index contributed by atoms with van der Waals surface area (Å²) in [7, 11) is 4.03. The predicted molar refractivity (Wildman–Crippen MR) is 155 cm³/mol. The lowest BCUT2D eigenvalue weighted by atomic mass is 9.90. The van der Waals surface area contributed by atoms with E-state index in [2.05, 4.69) is 83.6 Å². The van der Waals surface area contributed by atoms with Crippen molar-refractivity contribution in [3.05, 3.63) is 36.5 Å². The highest BCUT2D eigenvalue weighted by Gasteiger charge is 2.18. The van der Waals surface area contributed by atoms with Gasteiger partial charge >= 0.3 is 0 Å². The van der Waals surface area contributed by atoms with Crippen LogP contribution in [0.2, 0.25) is 0 Å². The van der Waals surface area contributed by atoms with Crippen LogP contribution >= 0.6 is 0 Å². The minimum atomic E-state index is 0.276. The third-order valence-electron chi connectivity index (χ3n) is 7.63. The second-order valence-electron chi connectivity index (χ2n) is 10.1. The summed E-state index contributed by atoms with van der Waals surface area (Å²) in [6, 6.07) is 8.48. The lowest BCUT2D eigenvalue weighted by Crippen LogP contribution is -2.35. The van der Waals surface area contributed by atoms with Crippen molar-refractivity contribution in [2.45, 2.75) is 59.3 Å². The van der Waals surface area contributed by atoms with Gasteiger partial charge in [-0.15, -0.1) is 0 Å². The number of nitrogens with one attached hydrogen (secondary N) is 2. The maximum atomic E-state index is 5.78. The van der Waals surface area contributed by atoms with Crippen molar-refractivity contribution in [2.75, 3.05) is 63.6 Å². The molecule has 1 aliphatic heterocycles. The zero-order chi connectivity index (χ0) is 25.5. The number of aliphatic imine (C=N–C) groups is 1. The summed E-state index contributed by atoms with van der Waals surface area (Å²) >= 11 is 0. The van der Waals surface area contributed by atoms with Gasteiger partial charge in [0, 0.05) is 45.6 Å². The maximum absolute atomic E-state index is 5.78.